The maximum absolute atomic E-state index is 6.17. The van der Waals surface area contributed by atoms with Crippen molar-refractivity contribution < 1.29 is 4.74 Å². The lowest BCUT2D eigenvalue weighted by Crippen LogP contribution is -2.07. The summed E-state index contributed by atoms with van der Waals surface area (Å²) in [5.74, 6) is 1.49. The van der Waals surface area contributed by atoms with Gasteiger partial charge in [0.05, 0.1) is 13.2 Å². The van der Waals surface area contributed by atoms with Crippen LogP contribution >= 0.6 is 11.6 Å². The fourth-order valence-corrected chi connectivity index (χ4v) is 3.27. The Morgan fingerprint density at radius 1 is 1.27 bits per heavy atom. The highest BCUT2D eigenvalue weighted by Gasteiger charge is 2.25. The SMILES string of the molecule is CCC(C)c1ccc2c(c1)CC(c1cc(Cl)ccc1OC)N2. The number of anilines is 1. The molecule has 0 bridgehead atoms. The number of rotatable bonds is 4. The molecule has 0 saturated heterocycles. The molecule has 116 valence electrons. The molecule has 2 unspecified atom stereocenters. The third-order valence-corrected chi connectivity index (χ3v) is 4.87. The molecule has 0 saturated carbocycles. The first-order valence-electron chi connectivity index (χ1n) is 7.85. The third kappa shape index (κ3) is 2.80. The number of methoxy groups -OCH3 is 1. The van der Waals surface area contributed by atoms with E-state index in [1.165, 1.54) is 16.8 Å². The molecule has 0 aliphatic carbocycles. The van der Waals surface area contributed by atoms with Crippen LogP contribution in [0.5, 0.6) is 5.75 Å². The maximum Gasteiger partial charge on any atom is 0.124 e. The number of ether oxygens (including phenoxy) is 1. The van der Waals surface area contributed by atoms with Crippen LogP contribution in [-0.4, -0.2) is 7.11 Å². The number of fused-ring (bicyclic) bond motifs is 1. The van der Waals surface area contributed by atoms with Gasteiger partial charge in [-0.25, -0.2) is 0 Å². The van der Waals surface area contributed by atoms with Gasteiger partial charge < -0.3 is 10.1 Å². The molecule has 0 fully saturated rings. The number of hydrogen-bond donors (Lipinski definition) is 1. The average molecular weight is 316 g/mol. The fourth-order valence-electron chi connectivity index (χ4n) is 3.09. The van der Waals surface area contributed by atoms with Gasteiger partial charge in [0, 0.05) is 16.3 Å². The summed E-state index contributed by atoms with van der Waals surface area (Å²) in [5.41, 5.74) is 5.14. The molecule has 2 atom stereocenters. The van der Waals surface area contributed by atoms with Gasteiger partial charge in [-0.05, 0) is 54.2 Å². The molecule has 1 heterocycles. The Hall–Kier alpha value is -1.67. The number of halogens is 1. The van der Waals surface area contributed by atoms with Gasteiger partial charge in [0.15, 0.2) is 0 Å². The Labute approximate surface area is 137 Å². The van der Waals surface area contributed by atoms with Gasteiger partial charge in [-0.1, -0.05) is 37.6 Å². The second-order valence-corrected chi connectivity index (χ2v) is 6.45. The quantitative estimate of drug-likeness (QED) is 0.796. The minimum Gasteiger partial charge on any atom is -0.496 e. The largest absolute Gasteiger partial charge is 0.496 e. The lowest BCUT2D eigenvalue weighted by atomic mass is 9.95. The molecular formula is C19H22ClNO. The first-order chi connectivity index (χ1) is 10.6. The van der Waals surface area contributed by atoms with Crippen LogP contribution in [0, 0.1) is 0 Å². The van der Waals surface area contributed by atoms with E-state index in [4.69, 9.17) is 16.3 Å². The molecule has 0 amide bonds. The van der Waals surface area contributed by atoms with E-state index >= 15 is 0 Å². The molecule has 0 spiro atoms. The van der Waals surface area contributed by atoms with Crippen LogP contribution in [0.4, 0.5) is 5.69 Å². The third-order valence-electron chi connectivity index (χ3n) is 4.63. The molecule has 3 heteroatoms. The van der Waals surface area contributed by atoms with Gasteiger partial charge in [0.2, 0.25) is 0 Å². The first kappa shape index (κ1) is 15.2. The lowest BCUT2D eigenvalue weighted by Gasteiger charge is -2.16. The summed E-state index contributed by atoms with van der Waals surface area (Å²) in [5, 5.41) is 4.34. The Balaban J connectivity index is 1.90. The summed E-state index contributed by atoms with van der Waals surface area (Å²) in [6, 6.07) is 12.8. The Bertz CT molecular complexity index is 683. The van der Waals surface area contributed by atoms with E-state index < -0.39 is 0 Å². The normalized spacial score (nSPS) is 17.7. The predicted molar refractivity (Wildman–Crippen MR) is 93.2 cm³/mol. The van der Waals surface area contributed by atoms with E-state index in [9.17, 15) is 0 Å². The molecule has 1 aliphatic rings. The van der Waals surface area contributed by atoms with Crippen molar-refractivity contribution >= 4 is 17.3 Å². The van der Waals surface area contributed by atoms with Crippen molar-refractivity contribution in [1.82, 2.24) is 0 Å². The Morgan fingerprint density at radius 2 is 2.09 bits per heavy atom. The highest BCUT2D eigenvalue weighted by atomic mass is 35.5. The van der Waals surface area contributed by atoms with Crippen molar-refractivity contribution in [3.63, 3.8) is 0 Å². The van der Waals surface area contributed by atoms with E-state index in [1.54, 1.807) is 7.11 Å². The zero-order chi connectivity index (χ0) is 15.7. The first-order valence-corrected chi connectivity index (χ1v) is 8.23. The van der Waals surface area contributed by atoms with Crippen LogP contribution in [0.25, 0.3) is 0 Å². The minimum atomic E-state index is 0.218. The zero-order valence-corrected chi connectivity index (χ0v) is 14.1. The number of nitrogens with one attached hydrogen (secondary N) is 1. The molecule has 1 aliphatic heterocycles. The smallest absolute Gasteiger partial charge is 0.124 e. The lowest BCUT2D eigenvalue weighted by molar-refractivity contribution is 0.407. The predicted octanol–water partition coefficient (Wildman–Crippen LogP) is 5.57. The van der Waals surface area contributed by atoms with Crippen LogP contribution in [0.2, 0.25) is 5.02 Å². The Morgan fingerprint density at radius 3 is 2.82 bits per heavy atom. The number of hydrogen-bond acceptors (Lipinski definition) is 2. The fraction of sp³-hybridized carbons (Fsp3) is 0.368. The van der Waals surface area contributed by atoms with Crippen LogP contribution < -0.4 is 10.1 Å². The van der Waals surface area contributed by atoms with Gasteiger partial charge in [0.25, 0.3) is 0 Å². The summed E-state index contributed by atoms with van der Waals surface area (Å²) < 4.78 is 5.49. The molecular weight excluding hydrogens is 294 g/mol. The van der Waals surface area contributed by atoms with Crippen molar-refractivity contribution in [2.45, 2.75) is 38.6 Å². The summed E-state index contributed by atoms with van der Waals surface area (Å²) in [7, 11) is 1.70. The van der Waals surface area contributed by atoms with E-state index in [0.717, 1.165) is 29.2 Å². The van der Waals surface area contributed by atoms with Gasteiger partial charge in [-0.15, -0.1) is 0 Å². The highest BCUT2D eigenvalue weighted by Crippen LogP contribution is 2.39. The van der Waals surface area contributed by atoms with Crippen LogP contribution in [0.1, 0.15) is 48.9 Å². The second kappa shape index (κ2) is 6.21. The monoisotopic (exact) mass is 315 g/mol. The molecule has 22 heavy (non-hydrogen) atoms. The summed E-state index contributed by atoms with van der Waals surface area (Å²) in [6.07, 6.45) is 2.13. The van der Waals surface area contributed by atoms with Crippen molar-refractivity contribution in [3.8, 4) is 5.75 Å². The van der Waals surface area contributed by atoms with E-state index in [0.29, 0.717) is 5.92 Å². The molecule has 2 aromatic rings. The highest BCUT2D eigenvalue weighted by molar-refractivity contribution is 6.30. The van der Waals surface area contributed by atoms with Gasteiger partial charge >= 0.3 is 0 Å². The van der Waals surface area contributed by atoms with Crippen molar-refractivity contribution in [3.05, 3.63) is 58.1 Å². The maximum atomic E-state index is 6.17. The van der Waals surface area contributed by atoms with Gasteiger partial charge in [0.1, 0.15) is 5.75 Å². The van der Waals surface area contributed by atoms with Gasteiger partial charge in [-0.2, -0.15) is 0 Å². The standard InChI is InChI=1S/C19H22ClNO/c1-4-12(2)13-5-7-17-14(9-13)10-18(21-17)16-11-15(20)6-8-19(16)22-3/h5-9,11-12,18,21H,4,10H2,1-3H3. The molecule has 2 nitrogen and oxygen atoms in total. The number of benzene rings is 2. The second-order valence-electron chi connectivity index (χ2n) is 6.01. The topological polar surface area (TPSA) is 21.3 Å². The van der Waals surface area contributed by atoms with Crippen molar-refractivity contribution in [2.75, 3.05) is 12.4 Å². The van der Waals surface area contributed by atoms with Crippen LogP contribution in [0.3, 0.4) is 0 Å². The molecule has 0 radical (unpaired) electrons. The van der Waals surface area contributed by atoms with E-state index in [-0.39, 0.29) is 6.04 Å². The summed E-state index contributed by atoms with van der Waals surface area (Å²) in [6.45, 7) is 4.51. The van der Waals surface area contributed by atoms with E-state index in [2.05, 4.69) is 37.4 Å². The Kier molecular flexibility index (Phi) is 4.30. The summed E-state index contributed by atoms with van der Waals surface area (Å²) in [4.78, 5) is 0. The molecule has 3 rings (SSSR count). The van der Waals surface area contributed by atoms with Crippen LogP contribution in [-0.2, 0) is 6.42 Å². The molecule has 1 N–H and O–H groups in total. The van der Waals surface area contributed by atoms with Crippen molar-refractivity contribution in [2.24, 2.45) is 0 Å². The van der Waals surface area contributed by atoms with Crippen molar-refractivity contribution in [1.29, 1.82) is 0 Å². The zero-order valence-electron chi connectivity index (χ0n) is 13.3. The molecule has 0 aromatic heterocycles. The average Bonchev–Trinajstić information content (AvgIpc) is 2.96. The van der Waals surface area contributed by atoms with E-state index in [1.807, 2.05) is 18.2 Å². The minimum absolute atomic E-state index is 0.218. The molecule has 2 aromatic carbocycles. The van der Waals surface area contributed by atoms with Crippen LogP contribution in [0.15, 0.2) is 36.4 Å². The summed E-state index contributed by atoms with van der Waals surface area (Å²) >= 11 is 6.17. The van der Waals surface area contributed by atoms with Gasteiger partial charge in [-0.3, -0.25) is 0 Å².